The van der Waals surface area contributed by atoms with Gasteiger partial charge in [0.25, 0.3) is 0 Å². The van der Waals surface area contributed by atoms with Gasteiger partial charge in [0.05, 0.1) is 17.9 Å². The first-order chi connectivity index (χ1) is 9.03. The quantitative estimate of drug-likeness (QED) is 0.563. The van der Waals surface area contributed by atoms with E-state index in [1.807, 2.05) is 6.92 Å². The molecule has 0 saturated carbocycles. The first-order valence-corrected chi connectivity index (χ1v) is 8.32. The number of aliphatic imine (C=N–C) groups is 1. The number of carbonyl (C=O) groups excluding carboxylic acids is 1. The van der Waals surface area contributed by atoms with Gasteiger partial charge in [0.15, 0.2) is 0 Å². The monoisotopic (exact) mass is 288 g/mol. The summed E-state index contributed by atoms with van der Waals surface area (Å²) in [5, 5.41) is 0. The van der Waals surface area contributed by atoms with Crippen LogP contribution in [0.25, 0.3) is 0 Å². The highest BCUT2D eigenvalue weighted by Crippen LogP contribution is 2.24. The Kier molecular flexibility index (Phi) is 4.73. The van der Waals surface area contributed by atoms with E-state index in [2.05, 4.69) is 4.99 Å². The van der Waals surface area contributed by atoms with Crippen molar-refractivity contribution in [1.82, 2.24) is 4.31 Å². The summed E-state index contributed by atoms with van der Waals surface area (Å²) < 4.78 is 31.6. The molecule has 6 nitrogen and oxygen atoms in total. The highest BCUT2D eigenvalue weighted by atomic mass is 32.2. The van der Waals surface area contributed by atoms with Crippen LogP contribution < -0.4 is 0 Å². The Morgan fingerprint density at radius 3 is 2.79 bits per heavy atom. The van der Waals surface area contributed by atoms with Gasteiger partial charge in [0, 0.05) is 19.2 Å². The summed E-state index contributed by atoms with van der Waals surface area (Å²) >= 11 is 0. The number of sulfonamides is 1. The molecule has 0 bridgehead atoms. The van der Waals surface area contributed by atoms with Crippen LogP contribution in [0.5, 0.6) is 0 Å². The van der Waals surface area contributed by atoms with E-state index in [1.54, 1.807) is 6.08 Å². The van der Waals surface area contributed by atoms with Crippen LogP contribution in [0.3, 0.4) is 0 Å². The SMILES string of the molecule is CC1CC(N=C=O)CCN1S(=O)(=O)CC1CCCO1. The van der Waals surface area contributed by atoms with E-state index in [1.165, 1.54) is 4.31 Å². The molecule has 0 aliphatic carbocycles. The normalized spacial score (nSPS) is 33.0. The summed E-state index contributed by atoms with van der Waals surface area (Å²) in [5.41, 5.74) is 0. The molecule has 2 aliphatic heterocycles. The summed E-state index contributed by atoms with van der Waals surface area (Å²) in [7, 11) is -3.29. The second kappa shape index (κ2) is 6.13. The van der Waals surface area contributed by atoms with Crippen molar-refractivity contribution in [2.24, 2.45) is 4.99 Å². The molecule has 2 rings (SSSR count). The van der Waals surface area contributed by atoms with Crippen LogP contribution in [0.1, 0.15) is 32.6 Å². The molecule has 0 spiro atoms. The van der Waals surface area contributed by atoms with Crippen molar-refractivity contribution in [1.29, 1.82) is 0 Å². The van der Waals surface area contributed by atoms with E-state index in [0.29, 0.717) is 26.0 Å². The van der Waals surface area contributed by atoms with Crippen molar-refractivity contribution < 1.29 is 17.9 Å². The van der Waals surface area contributed by atoms with E-state index in [-0.39, 0.29) is 23.9 Å². The Morgan fingerprint density at radius 1 is 1.42 bits per heavy atom. The van der Waals surface area contributed by atoms with Gasteiger partial charge in [0.1, 0.15) is 0 Å². The zero-order valence-electron chi connectivity index (χ0n) is 11.1. The fraction of sp³-hybridized carbons (Fsp3) is 0.917. The van der Waals surface area contributed by atoms with Crippen LogP contribution in [0.2, 0.25) is 0 Å². The zero-order valence-corrected chi connectivity index (χ0v) is 11.9. The molecule has 2 saturated heterocycles. The van der Waals surface area contributed by atoms with Gasteiger partial charge < -0.3 is 4.74 Å². The van der Waals surface area contributed by atoms with Gasteiger partial charge in [-0.15, -0.1) is 0 Å². The lowest BCUT2D eigenvalue weighted by molar-refractivity contribution is 0.125. The van der Waals surface area contributed by atoms with Crippen molar-refractivity contribution in [2.75, 3.05) is 18.9 Å². The first-order valence-electron chi connectivity index (χ1n) is 6.71. The molecular formula is C12H20N2O4S. The Morgan fingerprint density at radius 2 is 2.21 bits per heavy atom. The summed E-state index contributed by atoms with van der Waals surface area (Å²) in [6.45, 7) is 2.94. The molecule has 0 aromatic rings. The molecule has 3 atom stereocenters. The predicted molar refractivity (Wildman–Crippen MR) is 70.1 cm³/mol. The number of nitrogens with zero attached hydrogens (tertiary/aromatic N) is 2. The minimum absolute atomic E-state index is 0.0684. The minimum atomic E-state index is -3.29. The summed E-state index contributed by atoms with van der Waals surface area (Å²) in [6, 6.07) is -0.219. The summed E-state index contributed by atoms with van der Waals surface area (Å²) in [4.78, 5) is 14.0. The maximum Gasteiger partial charge on any atom is 0.235 e. The number of isocyanates is 1. The van der Waals surface area contributed by atoms with Crippen molar-refractivity contribution in [3.05, 3.63) is 0 Å². The number of ether oxygens (including phenoxy) is 1. The molecule has 2 heterocycles. The number of piperidine rings is 1. The van der Waals surface area contributed by atoms with Gasteiger partial charge in [-0.1, -0.05) is 0 Å². The Labute approximate surface area is 113 Å². The second-order valence-corrected chi connectivity index (χ2v) is 7.24. The lowest BCUT2D eigenvalue weighted by atomic mass is 10.0. The molecule has 0 amide bonds. The number of hydrogen-bond acceptors (Lipinski definition) is 5. The molecule has 0 aromatic heterocycles. The fourth-order valence-corrected chi connectivity index (χ4v) is 4.78. The molecule has 2 fully saturated rings. The van der Waals surface area contributed by atoms with Crippen molar-refractivity contribution in [3.8, 4) is 0 Å². The van der Waals surface area contributed by atoms with Gasteiger partial charge in [-0.25, -0.2) is 18.2 Å². The molecule has 7 heteroatoms. The van der Waals surface area contributed by atoms with Gasteiger partial charge >= 0.3 is 0 Å². The standard InChI is InChI=1S/C12H20N2O4S/c1-10-7-11(13-9-15)4-5-14(10)19(16,17)8-12-3-2-6-18-12/h10-12H,2-8H2,1H3. The maximum atomic E-state index is 12.4. The Hall–Kier alpha value is -0.750. The second-order valence-electron chi connectivity index (χ2n) is 5.27. The number of rotatable bonds is 4. The van der Waals surface area contributed by atoms with Crippen LogP contribution in [0, 0.1) is 0 Å². The van der Waals surface area contributed by atoms with Crippen LogP contribution in [0.15, 0.2) is 4.99 Å². The van der Waals surface area contributed by atoms with E-state index in [4.69, 9.17) is 4.74 Å². The van der Waals surface area contributed by atoms with E-state index < -0.39 is 10.0 Å². The van der Waals surface area contributed by atoms with Gasteiger partial charge in [-0.2, -0.15) is 4.31 Å². The minimum Gasteiger partial charge on any atom is -0.377 e. The third kappa shape index (κ3) is 3.63. The molecular weight excluding hydrogens is 268 g/mol. The van der Waals surface area contributed by atoms with Crippen LogP contribution in [-0.4, -0.2) is 55.9 Å². The topological polar surface area (TPSA) is 76.0 Å². The molecule has 0 N–H and O–H groups in total. The van der Waals surface area contributed by atoms with Crippen molar-refractivity contribution in [2.45, 2.75) is 50.8 Å². The predicted octanol–water partition coefficient (Wildman–Crippen LogP) is 0.684. The first kappa shape index (κ1) is 14.7. The smallest absolute Gasteiger partial charge is 0.235 e. The lowest BCUT2D eigenvalue weighted by Crippen LogP contribution is -2.47. The van der Waals surface area contributed by atoms with Gasteiger partial charge in [-0.3, -0.25) is 0 Å². The molecule has 0 radical (unpaired) electrons. The molecule has 0 aromatic carbocycles. The van der Waals surface area contributed by atoms with E-state index >= 15 is 0 Å². The van der Waals surface area contributed by atoms with Crippen molar-refractivity contribution >= 4 is 16.1 Å². The maximum absolute atomic E-state index is 12.4. The van der Waals surface area contributed by atoms with Crippen LogP contribution in [0.4, 0.5) is 0 Å². The number of hydrogen-bond donors (Lipinski definition) is 0. The van der Waals surface area contributed by atoms with E-state index in [9.17, 15) is 13.2 Å². The third-order valence-corrected chi connectivity index (χ3v) is 5.85. The molecule has 108 valence electrons. The lowest BCUT2D eigenvalue weighted by Gasteiger charge is -2.35. The third-order valence-electron chi connectivity index (χ3n) is 3.80. The van der Waals surface area contributed by atoms with Crippen molar-refractivity contribution in [3.63, 3.8) is 0 Å². The van der Waals surface area contributed by atoms with Gasteiger partial charge in [0.2, 0.25) is 16.1 Å². The average molecular weight is 288 g/mol. The highest BCUT2D eigenvalue weighted by molar-refractivity contribution is 7.89. The van der Waals surface area contributed by atoms with Crippen LogP contribution >= 0.6 is 0 Å². The summed E-state index contributed by atoms with van der Waals surface area (Å²) in [5.74, 6) is 0.0684. The molecule has 2 aliphatic rings. The van der Waals surface area contributed by atoms with Crippen LogP contribution in [-0.2, 0) is 19.6 Å². The van der Waals surface area contributed by atoms with E-state index in [0.717, 1.165) is 12.8 Å². The van der Waals surface area contributed by atoms with Gasteiger partial charge in [-0.05, 0) is 32.6 Å². The average Bonchev–Trinajstić information content (AvgIpc) is 2.81. The molecule has 3 unspecified atom stereocenters. The molecule has 19 heavy (non-hydrogen) atoms. The largest absolute Gasteiger partial charge is 0.377 e. The fourth-order valence-electron chi connectivity index (χ4n) is 2.84. The Bertz CT molecular complexity index is 452. The highest BCUT2D eigenvalue weighted by Gasteiger charge is 2.35. The summed E-state index contributed by atoms with van der Waals surface area (Å²) in [6.07, 6.45) is 4.32. The zero-order chi connectivity index (χ0) is 13.9. The Balaban J connectivity index is 1.98.